The second-order valence-electron chi connectivity index (χ2n) is 7.24. The number of amides is 3. The van der Waals surface area contributed by atoms with E-state index >= 15 is 0 Å². The number of rotatable bonds is 4. The number of imide groups is 1. The summed E-state index contributed by atoms with van der Waals surface area (Å²) >= 11 is 2.45. The van der Waals surface area contributed by atoms with Gasteiger partial charge in [-0.3, -0.25) is 19.7 Å². The first-order valence-electron chi connectivity index (χ1n) is 9.62. The van der Waals surface area contributed by atoms with E-state index in [0.717, 1.165) is 33.5 Å². The van der Waals surface area contributed by atoms with Crippen LogP contribution < -0.4 is 15.4 Å². The first kappa shape index (κ1) is 19.8. The Morgan fingerprint density at radius 2 is 1.84 bits per heavy atom. The summed E-state index contributed by atoms with van der Waals surface area (Å²) in [5.74, 6) is -0.0224. The van der Waals surface area contributed by atoms with E-state index in [4.69, 9.17) is 4.74 Å². The van der Waals surface area contributed by atoms with Crippen LogP contribution in [0.2, 0.25) is 0 Å². The standard InChI is InChI=1S/C22H17N3O4S2/c1-11-13(9-16-19(26)25-22(28)31-16)7-8-15-17(11)24-20(27)18(29-15)14-10-30-21(23-14)12-5-3-2-4-6-12/h2-8,10,16,18H,9H2,1H3,(H,24,27)(H,25,26,28). The molecule has 9 heteroatoms. The number of hydrogen-bond acceptors (Lipinski definition) is 7. The van der Waals surface area contributed by atoms with E-state index in [1.807, 2.05) is 48.7 Å². The molecular formula is C22H17N3O4S2. The maximum Gasteiger partial charge on any atom is 0.286 e. The molecule has 1 saturated heterocycles. The van der Waals surface area contributed by atoms with Gasteiger partial charge in [0.1, 0.15) is 16.5 Å². The number of thioether (sulfide) groups is 1. The van der Waals surface area contributed by atoms with Crippen molar-refractivity contribution in [1.29, 1.82) is 0 Å². The van der Waals surface area contributed by atoms with Crippen molar-refractivity contribution in [3.05, 3.63) is 64.7 Å². The smallest absolute Gasteiger partial charge is 0.286 e. The largest absolute Gasteiger partial charge is 0.472 e. The van der Waals surface area contributed by atoms with E-state index < -0.39 is 11.4 Å². The molecule has 2 aliphatic heterocycles. The highest BCUT2D eigenvalue weighted by molar-refractivity contribution is 8.15. The van der Waals surface area contributed by atoms with Gasteiger partial charge in [0.05, 0.1) is 10.9 Å². The number of hydrogen-bond donors (Lipinski definition) is 2. The molecule has 0 aliphatic carbocycles. The molecule has 0 bridgehead atoms. The average Bonchev–Trinajstić information content (AvgIpc) is 3.37. The molecule has 5 rings (SSSR count). The molecule has 2 aliphatic rings. The molecule has 7 nitrogen and oxygen atoms in total. The Balaban J connectivity index is 1.39. The minimum atomic E-state index is -0.833. The fourth-order valence-corrected chi connectivity index (χ4v) is 5.30. The lowest BCUT2D eigenvalue weighted by Crippen LogP contribution is -2.31. The molecule has 0 saturated carbocycles. The summed E-state index contributed by atoms with van der Waals surface area (Å²) in [6.45, 7) is 1.87. The number of benzene rings is 2. The van der Waals surface area contributed by atoms with Crippen LogP contribution in [0.3, 0.4) is 0 Å². The topological polar surface area (TPSA) is 97.4 Å². The van der Waals surface area contributed by atoms with Crippen molar-refractivity contribution in [1.82, 2.24) is 10.3 Å². The Hall–Kier alpha value is -3.17. The molecule has 3 aromatic rings. The van der Waals surface area contributed by atoms with E-state index in [0.29, 0.717) is 23.6 Å². The Labute approximate surface area is 186 Å². The summed E-state index contributed by atoms with van der Waals surface area (Å²) in [5, 5.41) is 7.10. The third-order valence-corrected chi connectivity index (χ3v) is 7.14. The summed E-state index contributed by atoms with van der Waals surface area (Å²) in [7, 11) is 0. The quantitative estimate of drug-likeness (QED) is 0.620. The number of thiazole rings is 1. The molecule has 2 aromatic carbocycles. The minimum Gasteiger partial charge on any atom is -0.472 e. The van der Waals surface area contributed by atoms with E-state index in [1.54, 1.807) is 6.07 Å². The Kier molecular flexibility index (Phi) is 4.99. The van der Waals surface area contributed by atoms with E-state index in [9.17, 15) is 14.4 Å². The normalized spacial score (nSPS) is 20.1. The lowest BCUT2D eigenvalue weighted by molar-refractivity contribution is -0.124. The number of nitrogens with one attached hydrogen (secondary N) is 2. The van der Waals surface area contributed by atoms with Gasteiger partial charge in [-0.25, -0.2) is 4.98 Å². The van der Waals surface area contributed by atoms with Gasteiger partial charge in [0.25, 0.3) is 11.1 Å². The number of ether oxygens (including phenoxy) is 1. The van der Waals surface area contributed by atoms with Crippen LogP contribution in [0.4, 0.5) is 10.5 Å². The maximum atomic E-state index is 12.8. The zero-order valence-corrected chi connectivity index (χ0v) is 18.0. The Morgan fingerprint density at radius 1 is 1.03 bits per heavy atom. The van der Waals surface area contributed by atoms with Gasteiger partial charge in [0.15, 0.2) is 0 Å². The van der Waals surface area contributed by atoms with Crippen LogP contribution in [0.5, 0.6) is 5.75 Å². The van der Waals surface area contributed by atoms with Gasteiger partial charge < -0.3 is 10.1 Å². The molecule has 2 atom stereocenters. The van der Waals surface area contributed by atoms with Crippen molar-refractivity contribution in [2.75, 3.05) is 5.32 Å². The van der Waals surface area contributed by atoms with Gasteiger partial charge >= 0.3 is 0 Å². The van der Waals surface area contributed by atoms with Crippen molar-refractivity contribution in [3.8, 4) is 16.3 Å². The molecular weight excluding hydrogens is 434 g/mol. The van der Waals surface area contributed by atoms with Crippen LogP contribution in [-0.4, -0.2) is 27.3 Å². The summed E-state index contributed by atoms with van der Waals surface area (Å²) in [4.78, 5) is 40.7. The van der Waals surface area contributed by atoms with Crippen LogP contribution in [0.1, 0.15) is 22.9 Å². The van der Waals surface area contributed by atoms with Gasteiger partial charge in [0, 0.05) is 10.9 Å². The van der Waals surface area contributed by atoms with Crippen LogP contribution >= 0.6 is 23.1 Å². The van der Waals surface area contributed by atoms with E-state index in [-0.39, 0.29) is 17.1 Å². The highest BCUT2D eigenvalue weighted by atomic mass is 32.2. The monoisotopic (exact) mass is 451 g/mol. The molecule has 3 amide bonds. The van der Waals surface area contributed by atoms with Crippen molar-refractivity contribution >= 4 is 45.8 Å². The lowest BCUT2D eigenvalue weighted by Gasteiger charge is -2.27. The molecule has 0 spiro atoms. The van der Waals surface area contributed by atoms with Crippen LogP contribution in [0.15, 0.2) is 47.8 Å². The Morgan fingerprint density at radius 3 is 2.58 bits per heavy atom. The number of carbonyl (C=O) groups is 3. The molecule has 156 valence electrons. The van der Waals surface area contributed by atoms with Crippen LogP contribution in [0.25, 0.3) is 10.6 Å². The van der Waals surface area contributed by atoms with Crippen LogP contribution in [0, 0.1) is 6.92 Å². The predicted octanol–water partition coefficient (Wildman–Crippen LogP) is 4.08. The number of nitrogens with zero attached hydrogens (tertiary/aromatic N) is 1. The van der Waals surface area contributed by atoms with Crippen molar-refractivity contribution < 1.29 is 19.1 Å². The summed E-state index contributed by atoms with van der Waals surface area (Å²) in [5.41, 5.74) is 3.84. The van der Waals surface area contributed by atoms with E-state index in [2.05, 4.69) is 15.6 Å². The first-order valence-corrected chi connectivity index (χ1v) is 11.4. The lowest BCUT2D eigenvalue weighted by atomic mass is 9.99. The predicted molar refractivity (Wildman–Crippen MR) is 119 cm³/mol. The number of fused-ring (bicyclic) bond motifs is 1. The van der Waals surface area contributed by atoms with Gasteiger partial charge in [-0.05, 0) is 30.5 Å². The van der Waals surface area contributed by atoms with Gasteiger partial charge in [-0.2, -0.15) is 0 Å². The highest BCUT2D eigenvalue weighted by Gasteiger charge is 2.35. The molecule has 0 radical (unpaired) electrons. The molecule has 1 aromatic heterocycles. The zero-order chi connectivity index (χ0) is 21.5. The molecule has 2 N–H and O–H groups in total. The fraction of sp³-hybridized carbons (Fsp3) is 0.182. The number of carbonyl (C=O) groups excluding carboxylic acids is 3. The van der Waals surface area contributed by atoms with Crippen molar-refractivity contribution in [2.24, 2.45) is 0 Å². The van der Waals surface area contributed by atoms with Gasteiger partial charge in [0.2, 0.25) is 12.0 Å². The fourth-order valence-electron chi connectivity index (χ4n) is 3.62. The number of anilines is 1. The third kappa shape index (κ3) is 3.70. The first-order chi connectivity index (χ1) is 15.0. The summed E-state index contributed by atoms with van der Waals surface area (Å²) in [6, 6.07) is 13.4. The maximum absolute atomic E-state index is 12.8. The highest BCUT2D eigenvalue weighted by Crippen LogP contribution is 2.40. The number of aromatic nitrogens is 1. The van der Waals surface area contributed by atoms with Crippen molar-refractivity contribution in [2.45, 2.75) is 24.7 Å². The minimum absolute atomic E-state index is 0.287. The molecule has 31 heavy (non-hydrogen) atoms. The second kappa shape index (κ2) is 7.82. The average molecular weight is 452 g/mol. The molecule has 2 unspecified atom stereocenters. The third-order valence-electron chi connectivity index (χ3n) is 5.25. The van der Waals surface area contributed by atoms with Gasteiger partial charge in [-0.1, -0.05) is 48.2 Å². The van der Waals surface area contributed by atoms with Crippen LogP contribution in [-0.2, 0) is 16.0 Å². The van der Waals surface area contributed by atoms with E-state index in [1.165, 1.54) is 11.3 Å². The summed E-state index contributed by atoms with van der Waals surface area (Å²) < 4.78 is 6.02. The second-order valence-corrected chi connectivity index (χ2v) is 9.27. The SMILES string of the molecule is Cc1c(CC2SC(=O)NC2=O)ccc2c1NC(=O)C(c1csc(-c3ccccc3)n1)O2. The zero-order valence-electron chi connectivity index (χ0n) is 16.4. The van der Waals surface area contributed by atoms with Gasteiger partial charge in [-0.15, -0.1) is 11.3 Å². The molecule has 3 heterocycles. The Bertz CT molecular complexity index is 1210. The molecule has 1 fully saturated rings. The summed E-state index contributed by atoms with van der Waals surface area (Å²) in [6.07, 6.45) is -0.437. The van der Waals surface area contributed by atoms with Crippen molar-refractivity contribution in [3.63, 3.8) is 0 Å².